The minimum Gasteiger partial charge on any atom is -0.350 e. The van der Waals surface area contributed by atoms with Crippen LogP contribution in [0.2, 0.25) is 0 Å². The quantitative estimate of drug-likeness (QED) is 0.764. The topological polar surface area (TPSA) is 42.1 Å². The van der Waals surface area contributed by atoms with Gasteiger partial charge in [0.2, 0.25) is 0 Å². The molecule has 0 amide bonds. The lowest BCUT2D eigenvalue weighted by atomic mass is 10.2. The van der Waals surface area contributed by atoms with Gasteiger partial charge >= 0.3 is 0 Å². The van der Waals surface area contributed by atoms with Gasteiger partial charge in [-0.3, -0.25) is 0 Å². The molecule has 0 aliphatic heterocycles. The van der Waals surface area contributed by atoms with Gasteiger partial charge in [0.15, 0.2) is 0 Å². The standard InChI is InChI=1S/C14H21N3/c1-3-7-17(13-5-6-13)14-9-11(10-15)8-12(4-2)16-14/h3,8-9,13H,1,4-7,10,15H2,2H3. The molecule has 3 heteroatoms. The van der Waals surface area contributed by atoms with Crippen molar-refractivity contribution in [3.05, 3.63) is 36.0 Å². The molecule has 0 unspecified atom stereocenters. The monoisotopic (exact) mass is 231 g/mol. The van der Waals surface area contributed by atoms with E-state index in [0.717, 1.165) is 24.5 Å². The Balaban J connectivity index is 2.30. The maximum absolute atomic E-state index is 5.74. The normalized spacial score (nSPS) is 14.7. The number of rotatable bonds is 6. The minimum atomic E-state index is 0.578. The van der Waals surface area contributed by atoms with E-state index < -0.39 is 0 Å². The number of aryl methyl sites for hydroxylation is 1. The van der Waals surface area contributed by atoms with Gasteiger partial charge in [-0.15, -0.1) is 6.58 Å². The summed E-state index contributed by atoms with van der Waals surface area (Å²) in [5.41, 5.74) is 8.03. The van der Waals surface area contributed by atoms with Crippen LogP contribution in [0.5, 0.6) is 0 Å². The predicted octanol–water partition coefficient (Wildman–Crippen LogP) is 2.26. The Hall–Kier alpha value is -1.35. The molecule has 2 N–H and O–H groups in total. The summed E-state index contributed by atoms with van der Waals surface area (Å²) in [6.07, 6.45) is 5.43. The van der Waals surface area contributed by atoms with E-state index in [2.05, 4.69) is 30.5 Å². The molecule has 0 saturated heterocycles. The van der Waals surface area contributed by atoms with Crippen molar-refractivity contribution >= 4 is 5.82 Å². The third-order valence-corrected chi connectivity index (χ3v) is 3.13. The molecule has 1 aromatic rings. The number of hydrogen-bond donors (Lipinski definition) is 1. The van der Waals surface area contributed by atoms with Crippen LogP contribution in [0, 0.1) is 0 Å². The largest absolute Gasteiger partial charge is 0.350 e. The summed E-state index contributed by atoms with van der Waals surface area (Å²) < 4.78 is 0. The van der Waals surface area contributed by atoms with Crippen LogP contribution in [0.25, 0.3) is 0 Å². The molecule has 1 aromatic heterocycles. The van der Waals surface area contributed by atoms with Crippen molar-refractivity contribution in [3.63, 3.8) is 0 Å². The molecule has 92 valence electrons. The third-order valence-electron chi connectivity index (χ3n) is 3.13. The Morgan fingerprint density at radius 3 is 2.82 bits per heavy atom. The number of anilines is 1. The van der Waals surface area contributed by atoms with Gasteiger partial charge in [-0.25, -0.2) is 4.98 Å². The lowest BCUT2D eigenvalue weighted by Crippen LogP contribution is -2.27. The number of nitrogens with two attached hydrogens (primary N) is 1. The first kappa shape index (κ1) is 12.1. The maximum atomic E-state index is 5.74. The summed E-state index contributed by atoms with van der Waals surface area (Å²) in [6.45, 7) is 7.40. The van der Waals surface area contributed by atoms with Crippen molar-refractivity contribution in [2.45, 2.75) is 38.8 Å². The van der Waals surface area contributed by atoms with Crippen LogP contribution in [0.15, 0.2) is 24.8 Å². The van der Waals surface area contributed by atoms with Crippen molar-refractivity contribution in [1.29, 1.82) is 0 Å². The van der Waals surface area contributed by atoms with Crippen LogP contribution >= 0.6 is 0 Å². The zero-order valence-electron chi connectivity index (χ0n) is 10.5. The zero-order chi connectivity index (χ0) is 12.3. The van der Waals surface area contributed by atoms with E-state index in [1.165, 1.54) is 18.4 Å². The molecule has 1 fully saturated rings. The first-order chi connectivity index (χ1) is 8.28. The summed E-state index contributed by atoms with van der Waals surface area (Å²) in [7, 11) is 0. The highest BCUT2D eigenvalue weighted by Crippen LogP contribution is 2.31. The predicted molar refractivity (Wildman–Crippen MR) is 72.1 cm³/mol. The van der Waals surface area contributed by atoms with Gasteiger partial charge < -0.3 is 10.6 Å². The van der Waals surface area contributed by atoms with Crippen molar-refractivity contribution in [2.24, 2.45) is 5.73 Å². The Labute approximate surface area is 103 Å². The Morgan fingerprint density at radius 1 is 1.53 bits per heavy atom. The molecule has 1 aliphatic rings. The summed E-state index contributed by atoms with van der Waals surface area (Å²) in [5, 5.41) is 0. The van der Waals surface area contributed by atoms with E-state index in [4.69, 9.17) is 10.7 Å². The van der Waals surface area contributed by atoms with Crippen molar-refractivity contribution in [3.8, 4) is 0 Å². The minimum absolute atomic E-state index is 0.578. The van der Waals surface area contributed by atoms with E-state index in [9.17, 15) is 0 Å². The average Bonchev–Trinajstić information content (AvgIpc) is 3.19. The van der Waals surface area contributed by atoms with Crippen LogP contribution in [-0.4, -0.2) is 17.6 Å². The molecular formula is C14H21N3. The average molecular weight is 231 g/mol. The molecule has 0 bridgehead atoms. The van der Waals surface area contributed by atoms with E-state index in [0.29, 0.717) is 12.6 Å². The SMILES string of the molecule is C=CCN(c1cc(CN)cc(CC)n1)C1CC1. The first-order valence-electron chi connectivity index (χ1n) is 6.36. The molecule has 3 nitrogen and oxygen atoms in total. The number of aromatic nitrogens is 1. The first-order valence-corrected chi connectivity index (χ1v) is 6.36. The smallest absolute Gasteiger partial charge is 0.129 e. The lowest BCUT2D eigenvalue weighted by Gasteiger charge is -2.23. The number of pyridine rings is 1. The molecule has 1 saturated carbocycles. The van der Waals surface area contributed by atoms with Crippen molar-refractivity contribution in [1.82, 2.24) is 4.98 Å². The Bertz CT molecular complexity index is 374. The fraction of sp³-hybridized carbons (Fsp3) is 0.500. The van der Waals surface area contributed by atoms with Crippen LogP contribution in [-0.2, 0) is 13.0 Å². The van der Waals surface area contributed by atoms with Crippen LogP contribution in [0.4, 0.5) is 5.82 Å². The summed E-state index contributed by atoms with van der Waals surface area (Å²) >= 11 is 0. The summed E-state index contributed by atoms with van der Waals surface area (Å²) in [5.74, 6) is 1.06. The van der Waals surface area contributed by atoms with Gasteiger partial charge in [-0.2, -0.15) is 0 Å². The molecule has 0 radical (unpaired) electrons. The van der Waals surface area contributed by atoms with Crippen LogP contribution in [0.3, 0.4) is 0 Å². The van der Waals surface area contributed by atoms with Crippen molar-refractivity contribution < 1.29 is 0 Å². The van der Waals surface area contributed by atoms with Gasteiger partial charge in [0.25, 0.3) is 0 Å². The molecule has 1 heterocycles. The number of nitrogens with zero attached hydrogens (tertiary/aromatic N) is 2. The molecule has 2 rings (SSSR count). The van der Waals surface area contributed by atoms with Gasteiger partial charge in [-0.1, -0.05) is 13.0 Å². The second-order valence-electron chi connectivity index (χ2n) is 4.55. The van der Waals surface area contributed by atoms with E-state index in [1.807, 2.05) is 6.08 Å². The van der Waals surface area contributed by atoms with E-state index >= 15 is 0 Å². The Kier molecular flexibility index (Phi) is 3.79. The van der Waals surface area contributed by atoms with Crippen molar-refractivity contribution in [2.75, 3.05) is 11.4 Å². The molecule has 0 aromatic carbocycles. The highest BCUT2D eigenvalue weighted by molar-refractivity contribution is 5.46. The van der Waals surface area contributed by atoms with Gasteiger partial charge in [0.05, 0.1) is 0 Å². The molecule has 17 heavy (non-hydrogen) atoms. The lowest BCUT2D eigenvalue weighted by molar-refractivity contribution is 0.827. The van der Waals surface area contributed by atoms with E-state index in [1.54, 1.807) is 0 Å². The molecule has 1 aliphatic carbocycles. The second-order valence-corrected chi connectivity index (χ2v) is 4.55. The second kappa shape index (κ2) is 5.32. The highest BCUT2D eigenvalue weighted by atomic mass is 15.2. The Morgan fingerprint density at radius 2 is 2.29 bits per heavy atom. The summed E-state index contributed by atoms with van der Waals surface area (Å²) in [4.78, 5) is 7.04. The van der Waals surface area contributed by atoms with Gasteiger partial charge in [0.1, 0.15) is 5.82 Å². The fourth-order valence-corrected chi connectivity index (χ4v) is 2.03. The van der Waals surface area contributed by atoms with Gasteiger partial charge in [0, 0.05) is 24.8 Å². The third kappa shape index (κ3) is 2.86. The van der Waals surface area contributed by atoms with E-state index in [-0.39, 0.29) is 0 Å². The van der Waals surface area contributed by atoms with Crippen LogP contribution in [0.1, 0.15) is 31.0 Å². The molecular weight excluding hydrogens is 210 g/mol. The van der Waals surface area contributed by atoms with Gasteiger partial charge in [-0.05, 0) is 37.0 Å². The highest BCUT2D eigenvalue weighted by Gasteiger charge is 2.29. The summed E-state index contributed by atoms with van der Waals surface area (Å²) in [6, 6.07) is 4.86. The fourth-order valence-electron chi connectivity index (χ4n) is 2.03. The van der Waals surface area contributed by atoms with Crippen LogP contribution < -0.4 is 10.6 Å². The number of hydrogen-bond acceptors (Lipinski definition) is 3. The maximum Gasteiger partial charge on any atom is 0.129 e. The zero-order valence-corrected chi connectivity index (χ0v) is 10.5. The molecule has 0 spiro atoms. The molecule has 0 atom stereocenters.